The van der Waals surface area contributed by atoms with Crippen molar-refractivity contribution < 1.29 is 4.92 Å². The molecule has 0 unspecified atom stereocenters. The SMILES string of the molecule is CCc1ccc(NCc2ccccc2C)cc1[N+](=O)[O-]. The van der Waals surface area contributed by atoms with Crippen LogP contribution in [0.25, 0.3) is 0 Å². The van der Waals surface area contributed by atoms with Gasteiger partial charge >= 0.3 is 0 Å². The maximum atomic E-state index is 11.0. The maximum Gasteiger partial charge on any atom is 0.274 e. The summed E-state index contributed by atoms with van der Waals surface area (Å²) in [6.07, 6.45) is 0.661. The summed E-state index contributed by atoms with van der Waals surface area (Å²) in [7, 11) is 0. The van der Waals surface area contributed by atoms with Gasteiger partial charge in [-0.25, -0.2) is 0 Å². The van der Waals surface area contributed by atoms with Crippen LogP contribution in [0, 0.1) is 17.0 Å². The van der Waals surface area contributed by atoms with Gasteiger partial charge in [-0.2, -0.15) is 0 Å². The largest absolute Gasteiger partial charge is 0.381 e. The predicted molar refractivity (Wildman–Crippen MR) is 81.0 cm³/mol. The number of aryl methyl sites for hydroxylation is 2. The van der Waals surface area contributed by atoms with Crippen molar-refractivity contribution >= 4 is 11.4 Å². The van der Waals surface area contributed by atoms with E-state index in [9.17, 15) is 10.1 Å². The average Bonchev–Trinajstić information content (AvgIpc) is 2.46. The number of nitro benzene ring substituents is 1. The maximum absolute atomic E-state index is 11.0. The van der Waals surface area contributed by atoms with Crippen LogP contribution in [0.2, 0.25) is 0 Å². The lowest BCUT2D eigenvalue weighted by molar-refractivity contribution is -0.385. The third-order valence-electron chi connectivity index (χ3n) is 3.41. The van der Waals surface area contributed by atoms with Crippen LogP contribution in [0.3, 0.4) is 0 Å². The molecule has 2 aromatic carbocycles. The average molecular weight is 270 g/mol. The molecule has 0 heterocycles. The van der Waals surface area contributed by atoms with Crippen molar-refractivity contribution in [3.63, 3.8) is 0 Å². The molecule has 0 saturated carbocycles. The molecule has 0 aromatic heterocycles. The second-order valence-corrected chi connectivity index (χ2v) is 4.73. The van der Waals surface area contributed by atoms with Crippen LogP contribution in [-0.2, 0) is 13.0 Å². The fourth-order valence-corrected chi connectivity index (χ4v) is 2.15. The fourth-order valence-electron chi connectivity index (χ4n) is 2.15. The Kier molecular flexibility index (Phi) is 4.35. The van der Waals surface area contributed by atoms with Crippen molar-refractivity contribution in [2.75, 3.05) is 5.32 Å². The van der Waals surface area contributed by atoms with Crippen LogP contribution < -0.4 is 5.32 Å². The van der Waals surface area contributed by atoms with Crippen LogP contribution in [0.4, 0.5) is 11.4 Å². The van der Waals surface area contributed by atoms with Gasteiger partial charge in [0.05, 0.1) is 4.92 Å². The van der Waals surface area contributed by atoms with E-state index >= 15 is 0 Å². The number of anilines is 1. The van der Waals surface area contributed by atoms with Crippen molar-refractivity contribution in [3.05, 3.63) is 69.3 Å². The van der Waals surface area contributed by atoms with Crippen LogP contribution in [0.5, 0.6) is 0 Å². The minimum atomic E-state index is -0.322. The number of nitrogens with zero attached hydrogens (tertiary/aromatic N) is 1. The van der Waals surface area contributed by atoms with E-state index in [1.807, 2.05) is 31.2 Å². The lowest BCUT2D eigenvalue weighted by Gasteiger charge is -2.10. The smallest absolute Gasteiger partial charge is 0.274 e. The third kappa shape index (κ3) is 3.15. The molecular weight excluding hydrogens is 252 g/mol. The molecule has 1 N–H and O–H groups in total. The number of hydrogen-bond acceptors (Lipinski definition) is 3. The highest BCUT2D eigenvalue weighted by Gasteiger charge is 2.12. The van der Waals surface area contributed by atoms with E-state index in [0.717, 1.165) is 11.3 Å². The third-order valence-corrected chi connectivity index (χ3v) is 3.41. The molecular formula is C16H18N2O2. The van der Waals surface area contributed by atoms with Gasteiger partial charge in [0.15, 0.2) is 0 Å². The standard InChI is InChI=1S/C16H18N2O2/c1-3-13-8-9-15(10-16(13)18(19)20)17-11-14-7-5-4-6-12(14)2/h4-10,17H,3,11H2,1-2H3. The van der Waals surface area contributed by atoms with Crippen LogP contribution in [-0.4, -0.2) is 4.92 Å². The molecule has 0 fully saturated rings. The van der Waals surface area contributed by atoms with Crippen LogP contribution in [0.1, 0.15) is 23.6 Å². The van der Waals surface area contributed by atoms with Gasteiger partial charge in [0.2, 0.25) is 0 Å². The van der Waals surface area contributed by atoms with Crippen molar-refractivity contribution in [2.24, 2.45) is 0 Å². The molecule has 2 rings (SSSR count). The van der Waals surface area contributed by atoms with Gasteiger partial charge in [0, 0.05) is 23.9 Å². The quantitative estimate of drug-likeness (QED) is 0.658. The van der Waals surface area contributed by atoms with Crippen LogP contribution in [0.15, 0.2) is 42.5 Å². The minimum Gasteiger partial charge on any atom is -0.381 e. The summed E-state index contributed by atoms with van der Waals surface area (Å²) < 4.78 is 0. The first kappa shape index (κ1) is 14.1. The predicted octanol–water partition coefficient (Wildman–Crippen LogP) is 4.08. The summed E-state index contributed by atoms with van der Waals surface area (Å²) >= 11 is 0. The fraction of sp³-hybridized carbons (Fsp3) is 0.250. The minimum absolute atomic E-state index is 0.183. The Hall–Kier alpha value is -2.36. The van der Waals surface area contributed by atoms with E-state index in [4.69, 9.17) is 0 Å². The van der Waals surface area contributed by atoms with Gasteiger partial charge in [-0.1, -0.05) is 37.3 Å². The van der Waals surface area contributed by atoms with Gasteiger partial charge < -0.3 is 5.32 Å². The summed E-state index contributed by atoms with van der Waals surface area (Å²) in [4.78, 5) is 10.7. The summed E-state index contributed by atoms with van der Waals surface area (Å²) in [5.41, 5.74) is 4.12. The second kappa shape index (κ2) is 6.19. The molecule has 0 aliphatic rings. The monoisotopic (exact) mass is 270 g/mol. The molecule has 2 aromatic rings. The molecule has 4 heteroatoms. The van der Waals surface area contributed by atoms with E-state index in [0.29, 0.717) is 13.0 Å². The molecule has 0 aliphatic heterocycles. The Bertz CT molecular complexity index is 624. The van der Waals surface area contributed by atoms with Gasteiger partial charge in [-0.15, -0.1) is 0 Å². The highest BCUT2D eigenvalue weighted by atomic mass is 16.6. The lowest BCUT2D eigenvalue weighted by atomic mass is 10.1. The topological polar surface area (TPSA) is 55.2 Å². The van der Waals surface area contributed by atoms with Crippen molar-refractivity contribution in [2.45, 2.75) is 26.8 Å². The second-order valence-electron chi connectivity index (χ2n) is 4.73. The summed E-state index contributed by atoms with van der Waals surface area (Å²) in [5, 5.41) is 14.3. The number of benzene rings is 2. The zero-order chi connectivity index (χ0) is 14.5. The van der Waals surface area contributed by atoms with E-state index in [2.05, 4.69) is 24.4 Å². The summed E-state index contributed by atoms with van der Waals surface area (Å²) in [5.74, 6) is 0. The number of rotatable bonds is 5. The van der Waals surface area contributed by atoms with Gasteiger partial charge in [0.25, 0.3) is 5.69 Å². The zero-order valence-electron chi connectivity index (χ0n) is 11.7. The molecule has 0 spiro atoms. The molecule has 104 valence electrons. The summed E-state index contributed by atoms with van der Waals surface area (Å²) in [6, 6.07) is 13.4. The Balaban J connectivity index is 2.16. The Labute approximate surface area is 118 Å². The van der Waals surface area contributed by atoms with Crippen molar-refractivity contribution in [1.29, 1.82) is 0 Å². The van der Waals surface area contributed by atoms with E-state index in [1.165, 1.54) is 11.1 Å². The van der Waals surface area contributed by atoms with Gasteiger partial charge in [0.1, 0.15) is 0 Å². The van der Waals surface area contributed by atoms with Gasteiger partial charge in [-0.05, 0) is 30.5 Å². The molecule has 4 nitrogen and oxygen atoms in total. The first-order valence-electron chi connectivity index (χ1n) is 6.67. The van der Waals surface area contributed by atoms with Crippen molar-refractivity contribution in [3.8, 4) is 0 Å². The Morgan fingerprint density at radius 1 is 1.15 bits per heavy atom. The van der Waals surface area contributed by atoms with E-state index in [-0.39, 0.29) is 10.6 Å². The number of nitro groups is 1. The zero-order valence-corrected chi connectivity index (χ0v) is 11.7. The highest BCUT2D eigenvalue weighted by molar-refractivity contribution is 5.55. The normalized spacial score (nSPS) is 10.3. The molecule has 0 saturated heterocycles. The van der Waals surface area contributed by atoms with Gasteiger partial charge in [-0.3, -0.25) is 10.1 Å². The Morgan fingerprint density at radius 2 is 1.90 bits per heavy atom. The number of nitrogens with one attached hydrogen (secondary N) is 1. The number of hydrogen-bond donors (Lipinski definition) is 1. The molecule has 0 radical (unpaired) electrons. The highest BCUT2D eigenvalue weighted by Crippen LogP contribution is 2.24. The molecule has 0 amide bonds. The van der Waals surface area contributed by atoms with E-state index in [1.54, 1.807) is 6.07 Å². The first-order valence-corrected chi connectivity index (χ1v) is 6.67. The molecule has 0 aliphatic carbocycles. The molecule has 20 heavy (non-hydrogen) atoms. The summed E-state index contributed by atoms with van der Waals surface area (Å²) in [6.45, 7) is 4.64. The molecule has 0 bridgehead atoms. The Morgan fingerprint density at radius 3 is 2.55 bits per heavy atom. The lowest BCUT2D eigenvalue weighted by Crippen LogP contribution is -2.02. The molecule has 0 atom stereocenters. The van der Waals surface area contributed by atoms with Crippen molar-refractivity contribution in [1.82, 2.24) is 0 Å². The van der Waals surface area contributed by atoms with Crippen LogP contribution >= 0.6 is 0 Å². The van der Waals surface area contributed by atoms with E-state index < -0.39 is 0 Å². The first-order chi connectivity index (χ1) is 9.61.